The van der Waals surface area contributed by atoms with Crippen molar-refractivity contribution in [2.24, 2.45) is 0 Å². The Kier molecular flexibility index (Phi) is 18.0. The average Bonchev–Trinajstić information content (AvgIpc) is 1.55. The number of halogens is 12. The maximum Gasteiger partial charge on any atom is 0.416 e. The van der Waals surface area contributed by atoms with Crippen LogP contribution in [0.25, 0.3) is 179 Å². The van der Waals surface area contributed by atoms with Gasteiger partial charge >= 0.3 is 24.7 Å². The molecular weight excluding hydrogens is 1490 g/mol. The van der Waals surface area contributed by atoms with Gasteiger partial charge in [-0.1, -0.05) is 212 Å². The van der Waals surface area contributed by atoms with Gasteiger partial charge in [0.2, 0.25) is 0 Å². The van der Waals surface area contributed by atoms with Gasteiger partial charge < -0.3 is 9.13 Å². The fourth-order valence-electron chi connectivity index (χ4n) is 15.4. The Bertz CT molecular complexity index is 6690. The standard InChI is InChI=1S/C96H58F12N8/c1-55-17-15-16-26-71(55)64-33-43-81-76(48-64)77-49-65(34-44-82(77)115(81)85-50-66(32-42-73(85)57-27-35-67(36-28-57)93(97,98)99)91-111-87(59-18-7-3-8-19-59)109-88(112-91)60-20-9-4-10-21-60)72-41-31-63(47-56(72)2)74-53-75(58-29-37-68(38-30-58)94(100,101)102)86(54-80(74)92-113-89(61-22-11-5-12-23-61)110-90(114-92)62-24-13-6-14-25-62)116-83-45-39-69(95(103,104)105)51-78(83)79-52-70(96(106,107)108)40-46-84(79)116/h3-54H,1-2H3. The van der Waals surface area contributed by atoms with Gasteiger partial charge in [0.15, 0.2) is 34.9 Å². The number of hydrogen-bond acceptors (Lipinski definition) is 6. The van der Waals surface area contributed by atoms with Crippen molar-refractivity contribution >= 4 is 43.6 Å². The van der Waals surface area contributed by atoms with E-state index in [1.807, 2.05) is 220 Å². The zero-order valence-electron chi connectivity index (χ0n) is 61.1. The molecule has 4 heterocycles. The van der Waals surface area contributed by atoms with Gasteiger partial charge in [-0.15, -0.1) is 0 Å². The summed E-state index contributed by atoms with van der Waals surface area (Å²) in [7, 11) is 0. The van der Waals surface area contributed by atoms with Crippen molar-refractivity contribution in [1.29, 1.82) is 0 Å². The van der Waals surface area contributed by atoms with E-state index >= 15 is 0 Å². The van der Waals surface area contributed by atoms with Gasteiger partial charge in [-0.25, -0.2) is 29.9 Å². The molecule has 18 rings (SSSR count). The summed E-state index contributed by atoms with van der Waals surface area (Å²) in [6.45, 7) is 3.96. The Hall–Kier alpha value is -14.1. The Morgan fingerprint density at radius 3 is 0.922 bits per heavy atom. The highest BCUT2D eigenvalue weighted by atomic mass is 19.4. The van der Waals surface area contributed by atoms with Gasteiger partial charge in [0.05, 0.1) is 55.7 Å². The first-order valence-electron chi connectivity index (χ1n) is 36.7. The summed E-state index contributed by atoms with van der Waals surface area (Å²) in [4.78, 5) is 30.4. The van der Waals surface area contributed by atoms with E-state index in [0.717, 1.165) is 115 Å². The third-order valence-corrected chi connectivity index (χ3v) is 21.0. The van der Waals surface area contributed by atoms with Gasteiger partial charge in [-0.3, -0.25) is 0 Å². The molecule has 0 saturated carbocycles. The van der Waals surface area contributed by atoms with Crippen LogP contribution in [-0.2, 0) is 24.7 Å². The number of aryl methyl sites for hydroxylation is 2. The van der Waals surface area contributed by atoms with Gasteiger partial charge in [-0.05, 0) is 173 Å². The summed E-state index contributed by atoms with van der Waals surface area (Å²) in [6, 6.07) is 87.3. The van der Waals surface area contributed by atoms with Crippen LogP contribution in [0.5, 0.6) is 0 Å². The zero-order valence-corrected chi connectivity index (χ0v) is 61.1. The van der Waals surface area contributed by atoms with Crippen LogP contribution < -0.4 is 0 Å². The lowest BCUT2D eigenvalue weighted by molar-refractivity contribution is -0.138. The fraction of sp³-hybridized carbons (Fsp3) is 0.0625. The Morgan fingerprint density at radius 1 is 0.198 bits per heavy atom. The van der Waals surface area contributed by atoms with Crippen molar-refractivity contribution in [3.05, 3.63) is 349 Å². The quantitative estimate of drug-likeness (QED) is 0.107. The third-order valence-electron chi connectivity index (χ3n) is 21.0. The minimum atomic E-state index is -4.92. The van der Waals surface area contributed by atoms with Crippen LogP contribution in [0.1, 0.15) is 33.4 Å². The van der Waals surface area contributed by atoms with E-state index in [-0.39, 0.29) is 61.7 Å². The summed E-state index contributed by atoms with van der Waals surface area (Å²) in [5.74, 6) is 1.72. The molecule has 0 fully saturated rings. The molecule has 0 saturated heterocycles. The van der Waals surface area contributed by atoms with Gasteiger partial charge in [0.25, 0.3) is 0 Å². The molecule has 14 aromatic carbocycles. The molecule has 20 heteroatoms. The molecule has 0 unspecified atom stereocenters. The number of rotatable bonds is 13. The molecule has 0 amide bonds. The molecule has 0 bridgehead atoms. The summed E-state index contributed by atoms with van der Waals surface area (Å²) in [5.41, 5.74) is 9.40. The molecule has 0 atom stereocenters. The smallest absolute Gasteiger partial charge is 0.309 e. The van der Waals surface area contributed by atoms with Gasteiger partial charge in [-0.2, -0.15) is 52.7 Å². The van der Waals surface area contributed by atoms with Gasteiger partial charge in [0.1, 0.15) is 0 Å². The Labute approximate surface area is 654 Å². The highest BCUT2D eigenvalue weighted by Gasteiger charge is 2.36. The lowest BCUT2D eigenvalue weighted by Crippen LogP contribution is -2.06. The lowest BCUT2D eigenvalue weighted by Gasteiger charge is -2.21. The summed E-state index contributed by atoms with van der Waals surface area (Å²) < 4.78 is 179. The van der Waals surface area contributed by atoms with Crippen molar-refractivity contribution in [2.45, 2.75) is 38.6 Å². The van der Waals surface area contributed by atoms with Crippen molar-refractivity contribution < 1.29 is 52.7 Å². The maximum absolute atomic E-state index is 14.8. The minimum absolute atomic E-state index is 0.0411. The van der Waals surface area contributed by atoms with Crippen molar-refractivity contribution in [2.75, 3.05) is 0 Å². The van der Waals surface area contributed by atoms with Crippen LogP contribution in [-0.4, -0.2) is 39.0 Å². The molecule has 4 aromatic heterocycles. The third kappa shape index (κ3) is 13.7. The molecule has 0 aliphatic carbocycles. The highest BCUT2D eigenvalue weighted by molar-refractivity contribution is 6.13. The predicted molar refractivity (Wildman–Crippen MR) is 431 cm³/mol. The predicted octanol–water partition coefficient (Wildman–Crippen LogP) is 27.3. The largest absolute Gasteiger partial charge is 0.416 e. The molecule has 0 N–H and O–H groups in total. The molecule has 8 nitrogen and oxygen atoms in total. The number of fused-ring (bicyclic) bond motifs is 6. The average molecular weight is 1550 g/mol. The Balaban J connectivity index is 0.870. The van der Waals surface area contributed by atoms with E-state index in [9.17, 15) is 52.7 Å². The van der Waals surface area contributed by atoms with Gasteiger partial charge in [0, 0.05) is 66.1 Å². The van der Waals surface area contributed by atoms with Crippen LogP contribution in [0.15, 0.2) is 315 Å². The fourth-order valence-corrected chi connectivity index (χ4v) is 15.4. The molecular formula is C96H58F12N8. The second-order valence-corrected chi connectivity index (χ2v) is 28.3. The minimum Gasteiger partial charge on any atom is -0.309 e. The van der Waals surface area contributed by atoms with Crippen LogP contribution >= 0.6 is 0 Å². The molecule has 116 heavy (non-hydrogen) atoms. The zero-order chi connectivity index (χ0) is 80.1. The first kappa shape index (κ1) is 73.3. The summed E-state index contributed by atoms with van der Waals surface area (Å²) in [6.07, 6.45) is -19.2. The number of nitrogens with zero attached hydrogens (tertiary/aromatic N) is 8. The second kappa shape index (κ2) is 28.5. The van der Waals surface area contributed by atoms with Crippen LogP contribution in [0.2, 0.25) is 0 Å². The molecule has 0 spiro atoms. The first-order chi connectivity index (χ1) is 55.8. The normalized spacial score (nSPS) is 12.2. The highest BCUT2D eigenvalue weighted by Crippen LogP contribution is 2.49. The van der Waals surface area contributed by atoms with E-state index in [1.165, 1.54) is 41.0 Å². The monoisotopic (exact) mass is 1550 g/mol. The van der Waals surface area contributed by atoms with E-state index in [0.29, 0.717) is 62.1 Å². The summed E-state index contributed by atoms with van der Waals surface area (Å²) >= 11 is 0. The SMILES string of the molecule is Cc1ccccc1-c1ccc2c(c1)c1cc(-c3ccc(-c4cc(-c5ccc(C(F)(F)F)cc5)c(-n5c6ccc(C(F)(F)F)cc6c6cc(C(F)(F)F)ccc65)cc4-c4nc(-c5ccccc5)nc(-c5ccccc5)n4)cc3C)ccc1n2-c1cc(-c2nc(-c3ccccc3)nc(-c3ccccc3)n2)ccc1-c1ccc(C(F)(F)F)cc1. The second-order valence-electron chi connectivity index (χ2n) is 28.3. The molecule has 0 radical (unpaired) electrons. The molecule has 566 valence electrons. The number of alkyl halides is 12. The summed E-state index contributed by atoms with van der Waals surface area (Å²) in [5, 5.41) is 1.25. The van der Waals surface area contributed by atoms with Crippen molar-refractivity contribution in [1.82, 2.24) is 39.0 Å². The maximum atomic E-state index is 14.8. The number of aromatic nitrogens is 8. The number of benzene rings is 14. The van der Waals surface area contributed by atoms with E-state index in [1.54, 1.807) is 12.1 Å². The Morgan fingerprint density at radius 2 is 0.509 bits per heavy atom. The number of hydrogen-bond donors (Lipinski definition) is 0. The van der Waals surface area contributed by atoms with Crippen LogP contribution in [0.3, 0.4) is 0 Å². The topological polar surface area (TPSA) is 87.2 Å². The van der Waals surface area contributed by atoms with Crippen molar-refractivity contribution in [3.63, 3.8) is 0 Å². The molecule has 0 aliphatic rings. The van der Waals surface area contributed by atoms with Crippen LogP contribution in [0, 0.1) is 13.8 Å². The van der Waals surface area contributed by atoms with Crippen LogP contribution in [0.4, 0.5) is 52.7 Å². The van der Waals surface area contributed by atoms with E-state index in [4.69, 9.17) is 29.9 Å². The first-order valence-corrected chi connectivity index (χ1v) is 36.7. The van der Waals surface area contributed by atoms with E-state index in [2.05, 4.69) is 16.7 Å². The molecule has 18 aromatic rings. The van der Waals surface area contributed by atoms with Crippen molar-refractivity contribution in [3.8, 4) is 135 Å². The van der Waals surface area contributed by atoms with E-state index < -0.39 is 47.0 Å². The lowest BCUT2D eigenvalue weighted by atomic mass is 9.89. The molecule has 0 aliphatic heterocycles.